The third-order valence-corrected chi connectivity index (χ3v) is 4.52. The Morgan fingerprint density at radius 1 is 1.20 bits per heavy atom. The van der Waals surface area contributed by atoms with E-state index >= 15 is 0 Å². The molecule has 0 amide bonds. The molecule has 0 aliphatic carbocycles. The average molecular weight is 354 g/mol. The first-order chi connectivity index (χ1) is 12.1. The summed E-state index contributed by atoms with van der Waals surface area (Å²) in [5.74, 6) is -0.555. The Morgan fingerprint density at radius 3 is 2.68 bits per heavy atom. The molecular formula is C18H14N2O4S. The van der Waals surface area contributed by atoms with Crippen LogP contribution >= 0.6 is 11.3 Å². The molecule has 0 fully saturated rings. The van der Waals surface area contributed by atoms with Crippen LogP contribution in [0.25, 0.3) is 10.6 Å². The first-order valence-electron chi connectivity index (χ1n) is 7.47. The van der Waals surface area contributed by atoms with Crippen LogP contribution in [0.5, 0.6) is 0 Å². The summed E-state index contributed by atoms with van der Waals surface area (Å²) >= 11 is 1.57. The number of carbonyl (C=O) groups is 1. The molecule has 0 atom stereocenters. The van der Waals surface area contributed by atoms with Gasteiger partial charge in [0.25, 0.3) is 5.69 Å². The van der Waals surface area contributed by atoms with Gasteiger partial charge in [0.15, 0.2) is 0 Å². The molecule has 0 saturated heterocycles. The van der Waals surface area contributed by atoms with Gasteiger partial charge in [-0.3, -0.25) is 15.1 Å². The maximum Gasteiger partial charge on any atom is 0.340 e. The van der Waals surface area contributed by atoms with Crippen molar-refractivity contribution in [1.29, 1.82) is 0 Å². The maximum absolute atomic E-state index is 12.3. The van der Waals surface area contributed by atoms with Gasteiger partial charge in [0.2, 0.25) is 0 Å². The highest BCUT2D eigenvalue weighted by molar-refractivity contribution is 7.13. The number of nitro benzene ring substituents is 1. The van der Waals surface area contributed by atoms with Crippen molar-refractivity contribution in [2.75, 3.05) is 0 Å². The molecule has 0 radical (unpaired) electrons. The molecule has 126 valence electrons. The van der Waals surface area contributed by atoms with Crippen molar-refractivity contribution in [3.8, 4) is 10.6 Å². The number of esters is 1. The van der Waals surface area contributed by atoms with E-state index < -0.39 is 10.9 Å². The number of nitrogens with zero attached hydrogens (tertiary/aromatic N) is 2. The van der Waals surface area contributed by atoms with Crippen LogP contribution in [0.1, 0.15) is 21.6 Å². The van der Waals surface area contributed by atoms with Crippen LogP contribution in [0.4, 0.5) is 5.69 Å². The Morgan fingerprint density at radius 2 is 2.00 bits per heavy atom. The van der Waals surface area contributed by atoms with E-state index in [1.807, 2.05) is 17.5 Å². The van der Waals surface area contributed by atoms with Gasteiger partial charge >= 0.3 is 5.97 Å². The zero-order valence-corrected chi connectivity index (χ0v) is 14.2. The van der Waals surface area contributed by atoms with Gasteiger partial charge in [-0.2, -0.15) is 0 Å². The standard InChI is InChI=1S/C18H14N2O4S/c1-12-14(8-9-15(19-12)17-7-4-10-25-17)18(21)24-11-13-5-2-3-6-16(13)20(22)23/h2-10H,11H2,1H3. The molecule has 3 aromatic rings. The average Bonchev–Trinajstić information content (AvgIpc) is 3.14. The van der Waals surface area contributed by atoms with Gasteiger partial charge in [-0.15, -0.1) is 11.3 Å². The number of hydrogen-bond acceptors (Lipinski definition) is 6. The second kappa shape index (κ2) is 7.23. The summed E-state index contributed by atoms with van der Waals surface area (Å²) in [7, 11) is 0. The fourth-order valence-electron chi connectivity index (χ4n) is 2.37. The lowest BCUT2D eigenvalue weighted by atomic mass is 10.1. The summed E-state index contributed by atoms with van der Waals surface area (Å²) < 4.78 is 5.24. The zero-order chi connectivity index (χ0) is 17.8. The second-order valence-corrected chi connectivity index (χ2v) is 6.22. The van der Waals surface area contributed by atoms with E-state index in [4.69, 9.17) is 4.74 Å². The minimum Gasteiger partial charge on any atom is -0.457 e. The number of hydrogen-bond donors (Lipinski definition) is 0. The number of pyridine rings is 1. The van der Waals surface area contributed by atoms with E-state index in [2.05, 4.69) is 4.98 Å². The molecule has 0 aliphatic rings. The monoisotopic (exact) mass is 354 g/mol. The first-order valence-corrected chi connectivity index (χ1v) is 8.35. The van der Waals surface area contributed by atoms with Gasteiger partial charge < -0.3 is 4.74 Å². The molecule has 2 heterocycles. The van der Waals surface area contributed by atoms with Crippen molar-refractivity contribution in [1.82, 2.24) is 4.98 Å². The normalized spacial score (nSPS) is 10.4. The van der Waals surface area contributed by atoms with E-state index in [0.717, 1.165) is 10.6 Å². The van der Waals surface area contributed by atoms with Gasteiger partial charge in [0, 0.05) is 6.07 Å². The molecule has 0 aliphatic heterocycles. The number of ether oxygens (including phenoxy) is 1. The van der Waals surface area contributed by atoms with E-state index in [0.29, 0.717) is 16.8 Å². The highest BCUT2D eigenvalue weighted by Crippen LogP contribution is 2.24. The Balaban J connectivity index is 1.75. The molecule has 6 nitrogen and oxygen atoms in total. The lowest BCUT2D eigenvalue weighted by Gasteiger charge is -2.08. The van der Waals surface area contributed by atoms with Crippen LogP contribution in [0.2, 0.25) is 0 Å². The molecule has 0 spiro atoms. The molecular weight excluding hydrogens is 340 g/mol. The predicted molar refractivity (Wildman–Crippen MR) is 94.5 cm³/mol. The number of rotatable bonds is 5. The highest BCUT2D eigenvalue weighted by Gasteiger charge is 2.17. The quantitative estimate of drug-likeness (QED) is 0.386. The Kier molecular flexibility index (Phi) is 4.85. The van der Waals surface area contributed by atoms with Gasteiger partial charge in [-0.05, 0) is 36.6 Å². The van der Waals surface area contributed by atoms with Crippen molar-refractivity contribution in [2.24, 2.45) is 0 Å². The van der Waals surface area contributed by atoms with Crippen molar-refractivity contribution < 1.29 is 14.5 Å². The van der Waals surface area contributed by atoms with Gasteiger partial charge in [-0.25, -0.2) is 4.79 Å². The van der Waals surface area contributed by atoms with Crippen LogP contribution in [0.15, 0.2) is 53.9 Å². The number of aryl methyl sites for hydroxylation is 1. The summed E-state index contributed by atoms with van der Waals surface area (Å²) in [6.45, 7) is 1.57. The lowest BCUT2D eigenvalue weighted by Crippen LogP contribution is -2.09. The minimum absolute atomic E-state index is 0.0711. The van der Waals surface area contributed by atoms with Crippen molar-refractivity contribution in [2.45, 2.75) is 13.5 Å². The maximum atomic E-state index is 12.3. The van der Waals surface area contributed by atoms with E-state index in [-0.39, 0.29) is 12.3 Å². The Labute approximate surface area is 147 Å². The topological polar surface area (TPSA) is 82.3 Å². The largest absolute Gasteiger partial charge is 0.457 e. The molecule has 1 aromatic carbocycles. The SMILES string of the molecule is Cc1nc(-c2cccs2)ccc1C(=O)OCc1ccccc1[N+](=O)[O-]. The Bertz CT molecular complexity index is 923. The zero-order valence-electron chi connectivity index (χ0n) is 13.3. The van der Waals surface area contributed by atoms with Crippen LogP contribution < -0.4 is 0 Å². The van der Waals surface area contributed by atoms with E-state index in [9.17, 15) is 14.9 Å². The third-order valence-electron chi connectivity index (χ3n) is 3.63. The third kappa shape index (κ3) is 3.72. The van der Waals surface area contributed by atoms with Crippen LogP contribution in [-0.2, 0) is 11.3 Å². The van der Waals surface area contributed by atoms with Gasteiger partial charge in [-0.1, -0.05) is 18.2 Å². The Hall–Kier alpha value is -3.06. The van der Waals surface area contributed by atoms with E-state index in [1.165, 1.54) is 6.07 Å². The lowest BCUT2D eigenvalue weighted by molar-refractivity contribution is -0.385. The van der Waals surface area contributed by atoms with Gasteiger partial charge in [0.05, 0.1) is 32.3 Å². The summed E-state index contributed by atoms with van der Waals surface area (Å²) in [6, 6.07) is 13.5. The molecule has 2 aromatic heterocycles. The van der Waals surface area contributed by atoms with E-state index in [1.54, 1.807) is 48.6 Å². The van der Waals surface area contributed by atoms with Crippen LogP contribution in [-0.4, -0.2) is 15.9 Å². The molecule has 0 bridgehead atoms. The number of benzene rings is 1. The minimum atomic E-state index is -0.555. The molecule has 25 heavy (non-hydrogen) atoms. The summed E-state index contributed by atoms with van der Waals surface area (Å²) in [4.78, 5) is 28.2. The number of para-hydroxylation sites is 1. The van der Waals surface area contributed by atoms with Crippen molar-refractivity contribution in [3.63, 3.8) is 0 Å². The molecule has 0 saturated carbocycles. The molecule has 3 rings (SSSR count). The summed E-state index contributed by atoms with van der Waals surface area (Å²) in [5.41, 5.74) is 1.97. The molecule has 0 unspecified atom stereocenters. The fourth-order valence-corrected chi connectivity index (χ4v) is 3.07. The number of carbonyl (C=O) groups excluding carboxylic acids is 1. The van der Waals surface area contributed by atoms with Crippen molar-refractivity contribution >= 4 is 23.0 Å². The summed E-state index contributed by atoms with van der Waals surface area (Å²) in [5, 5.41) is 13.0. The second-order valence-electron chi connectivity index (χ2n) is 5.27. The molecule has 7 heteroatoms. The predicted octanol–water partition coefficient (Wildman–Crippen LogP) is 4.38. The van der Waals surface area contributed by atoms with Crippen molar-refractivity contribution in [3.05, 3.63) is 80.8 Å². The summed E-state index contributed by atoms with van der Waals surface area (Å²) in [6.07, 6.45) is 0. The smallest absolute Gasteiger partial charge is 0.340 e. The number of nitro groups is 1. The van der Waals surface area contributed by atoms with Crippen LogP contribution in [0, 0.1) is 17.0 Å². The van der Waals surface area contributed by atoms with Gasteiger partial charge in [0.1, 0.15) is 6.61 Å². The van der Waals surface area contributed by atoms with Crippen LogP contribution in [0.3, 0.4) is 0 Å². The number of thiophene rings is 1. The fraction of sp³-hybridized carbons (Fsp3) is 0.111. The first kappa shape index (κ1) is 16.8. The number of aromatic nitrogens is 1. The highest BCUT2D eigenvalue weighted by atomic mass is 32.1. The molecule has 0 N–H and O–H groups in total.